The molecule has 0 aliphatic rings. The quantitative estimate of drug-likeness (QED) is 0.850. The summed E-state index contributed by atoms with van der Waals surface area (Å²) in [7, 11) is 0. The SMILES string of the molecule is CC(C)(C)c1cc(NC(=O)COC(=O)Cc2ccc(F)cc2)on1. The number of aromatic nitrogens is 1. The predicted octanol–water partition coefficient (Wildman–Crippen LogP) is 2.84. The van der Waals surface area contributed by atoms with E-state index >= 15 is 0 Å². The van der Waals surface area contributed by atoms with Crippen molar-refractivity contribution in [3.63, 3.8) is 0 Å². The van der Waals surface area contributed by atoms with Crippen LogP contribution in [0.4, 0.5) is 10.3 Å². The summed E-state index contributed by atoms with van der Waals surface area (Å²) < 4.78 is 22.7. The molecule has 0 saturated heterocycles. The van der Waals surface area contributed by atoms with Gasteiger partial charge in [0.1, 0.15) is 5.82 Å². The van der Waals surface area contributed by atoms with Crippen molar-refractivity contribution < 1.29 is 23.2 Å². The zero-order valence-electron chi connectivity index (χ0n) is 13.8. The number of nitrogens with zero attached hydrogens (tertiary/aromatic N) is 1. The first-order valence-corrected chi connectivity index (χ1v) is 7.41. The fourth-order valence-electron chi connectivity index (χ4n) is 1.83. The van der Waals surface area contributed by atoms with Crippen molar-refractivity contribution in [1.82, 2.24) is 5.16 Å². The molecule has 1 heterocycles. The molecule has 0 bridgehead atoms. The predicted molar refractivity (Wildman–Crippen MR) is 84.9 cm³/mol. The minimum atomic E-state index is -0.579. The maximum Gasteiger partial charge on any atom is 0.310 e. The van der Waals surface area contributed by atoms with Crippen LogP contribution in [-0.2, 0) is 26.2 Å². The zero-order chi connectivity index (χ0) is 17.7. The topological polar surface area (TPSA) is 81.4 Å². The summed E-state index contributed by atoms with van der Waals surface area (Å²) in [4.78, 5) is 23.4. The summed E-state index contributed by atoms with van der Waals surface area (Å²) in [6.45, 7) is 5.46. The fraction of sp³-hybridized carbons (Fsp3) is 0.353. The Morgan fingerprint density at radius 1 is 1.25 bits per heavy atom. The Balaban J connectivity index is 1.79. The summed E-state index contributed by atoms with van der Waals surface area (Å²) in [6, 6.07) is 7.11. The highest BCUT2D eigenvalue weighted by Crippen LogP contribution is 2.23. The zero-order valence-corrected chi connectivity index (χ0v) is 13.8. The Morgan fingerprint density at radius 3 is 2.50 bits per heavy atom. The molecule has 0 saturated carbocycles. The van der Waals surface area contributed by atoms with Gasteiger partial charge in [0.25, 0.3) is 5.91 Å². The molecule has 6 nitrogen and oxygen atoms in total. The molecule has 0 spiro atoms. The van der Waals surface area contributed by atoms with E-state index in [0.717, 1.165) is 0 Å². The van der Waals surface area contributed by atoms with Crippen LogP contribution in [0.15, 0.2) is 34.9 Å². The van der Waals surface area contributed by atoms with Crippen molar-refractivity contribution in [2.45, 2.75) is 32.6 Å². The molecule has 1 aromatic carbocycles. The monoisotopic (exact) mass is 334 g/mol. The molecule has 0 atom stereocenters. The highest BCUT2D eigenvalue weighted by atomic mass is 19.1. The van der Waals surface area contributed by atoms with Gasteiger partial charge in [-0.15, -0.1) is 0 Å². The lowest BCUT2D eigenvalue weighted by Crippen LogP contribution is -2.21. The van der Waals surface area contributed by atoms with Gasteiger partial charge in [0, 0.05) is 11.5 Å². The standard InChI is InChI=1S/C17H19FN2O4/c1-17(2,3)13-9-15(24-20-13)19-14(21)10-23-16(22)8-11-4-6-12(18)7-5-11/h4-7,9H,8,10H2,1-3H3,(H,19,21). The number of benzene rings is 1. The Kier molecular flexibility index (Phi) is 5.33. The van der Waals surface area contributed by atoms with Crippen LogP contribution in [-0.4, -0.2) is 23.6 Å². The summed E-state index contributed by atoms with van der Waals surface area (Å²) in [5, 5.41) is 6.34. The first-order chi connectivity index (χ1) is 11.2. The van der Waals surface area contributed by atoms with E-state index in [-0.39, 0.29) is 23.5 Å². The Morgan fingerprint density at radius 2 is 1.92 bits per heavy atom. The van der Waals surface area contributed by atoms with Gasteiger partial charge in [-0.05, 0) is 17.7 Å². The number of nitrogens with one attached hydrogen (secondary N) is 1. The van der Waals surface area contributed by atoms with Crippen LogP contribution in [0.2, 0.25) is 0 Å². The third-order valence-corrected chi connectivity index (χ3v) is 3.17. The molecule has 1 amide bonds. The molecule has 24 heavy (non-hydrogen) atoms. The first-order valence-electron chi connectivity index (χ1n) is 7.41. The van der Waals surface area contributed by atoms with Crippen molar-refractivity contribution >= 4 is 17.8 Å². The van der Waals surface area contributed by atoms with Crippen LogP contribution < -0.4 is 5.32 Å². The first kappa shape index (κ1) is 17.7. The third-order valence-electron chi connectivity index (χ3n) is 3.17. The molecule has 0 fully saturated rings. The van der Waals surface area contributed by atoms with Crippen molar-refractivity contribution in [3.05, 3.63) is 47.4 Å². The van der Waals surface area contributed by atoms with Gasteiger partial charge in [-0.3, -0.25) is 14.9 Å². The molecule has 7 heteroatoms. The van der Waals surface area contributed by atoms with Crippen LogP contribution in [0.5, 0.6) is 0 Å². The van der Waals surface area contributed by atoms with E-state index in [1.54, 1.807) is 6.07 Å². The third kappa shape index (κ3) is 5.19. The second kappa shape index (κ2) is 7.25. The average Bonchev–Trinajstić information content (AvgIpc) is 2.96. The number of ether oxygens (including phenoxy) is 1. The van der Waals surface area contributed by atoms with Crippen molar-refractivity contribution in [1.29, 1.82) is 0 Å². The lowest BCUT2D eigenvalue weighted by Gasteiger charge is -2.12. The minimum absolute atomic E-state index is 0.0377. The van der Waals surface area contributed by atoms with E-state index < -0.39 is 18.5 Å². The number of esters is 1. The number of hydrogen-bond acceptors (Lipinski definition) is 5. The highest BCUT2D eigenvalue weighted by Gasteiger charge is 2.20. The summed E-state index contributed by atoms with van der Waals surface area (Å²) in [5.41, 5.74) is 1.10. The maximum absolute atomic E-state index is 12.8. The number of carbonyl (C=O) groups is 2. The van der Waals surface area contributed by atoms with Gasteiger partial charge < -0.3 is 9.26 Å². The number of halogens is 1. The van der Waals surface area contributed by atoms with Gasteiger partial charge in [-0.1, -0.05) is 38.1 Å². The van der Waals surface area contributed by atoms with E-state index in [1.807, 2.05) is 20.8 Å². The largest absolute Gasteiger partial charge is 0.455 e. The Bertz CT molecular complexity index is 717. The lowest BCUT2D eigenvalue weighted by atomic mass is 9.92. The van der Waals surface area contributed by atoms with E-state index in [4.69, 9.17) is 9.26 Å². The summed E-state index contributed by atoms with van der Waals surface area (Å²) >= 11 is 0. The fourth-order valence-corrected chi connectivity index (χ4v) is 1.83. The summed E-state index contributed by atoms with van der Waals surface area (Å²) in [6.07, 6.45) is -0.0377. The molecule has 2 rings (SSSR count). The number of rotatable bonds is 5. The van der Waals surface area contributed by atoms with Crippen LogP contribution >= 0.6 is 0 Å². The van der Waals surface area contributed by atoms with Crippen LogP contribution in [0, 0.1) is 5.82 Å². The van der Waals surface area contributed by atoms with Gasteiger partial charge in [-0.25, -0.2) is 4.39 Å². The van der Waals surface area contributed by atoms with E-state index in [0.29, 0.717) is 11.3 Å². The molecule has 1 aromatic heterocycles. The molecule has 128 valence electrons. The van der Waals surface area contributed by atoms with Gasteiger partial charge in [-0.2, -0.15) is 0 Å². The lowest BCUT2D eigenvalue weighted by molar-refractivity contribution is -0.146. The molecule has 1 N–H and O–H groups in total. The van der Waals surface area contributed by atoms with Gasteiger partial charge >= 0.3 is 5.97 Å². The maximum atomic E-state index is 12.8. The molecule has 2 aromatic rings. The summed E-state index contributed by atoms with van der Waals surface area (Å²) in [5.74, 6) is -1.29. The second-order valence-corrected chi connectivity index (χ2v) is 6.34. The number of carbonyl (C=O) groups excluding carboxylic acids is 2. The average molecular weight is 334 g/mol. The number of amides is 1. The molecule has 0 radical (unpaired) electrons. The second-order valence-electron chi connectivity index (χ2n) is 6.34. The molecule has 0 aliphatic carbocycles. The van der Waals surface area contributed by atoms with Gasteiger partial charge in [0.2, 0.25) is 5.88 Å². The van der Waals surface area contributed by atoms with Crippen molar-refractivity contribution in [2.75, 3.05) is 11.9 Å². The molecular formula is C17H19FN2O4. The molecular weight excluding hydrogens is 315 g/mol. The minimum Gasteiger partial charge on any atom is -0.455 e. The Labute approximate surface area is 139 Å². The van der Waals surface area contributed by atoms with E-state index in [9.17, 15) is 14.0 Å². The van der Waals surface area contributed by atoms with Crippen molar-refractivity contribution in [2.24, 2.45) is 0 Å². The van der Waals surface area contributed by atoms with E-state index in [2.05, 4.69) is 10.5 Å². The number of hydrogen-bond donors (Lipinski definition) is 1. The van der Waals surface area contributed by atoms with Gasteiger partial charge in [0.15, 0.2) is 6.61 Å². The Hall–Kier alpha value is -2.70. The molecule has 0 unspecified atom stereocenters. The van der Waals surface area contributed by atoms with Crippen molar-refractivity contribution in [3.8, 4) is 0 Å². The number of anilines is 1. The smallest absolute Gasteiger partial charge is 0.310 e. The van der Waals surface area contributed by atoms with E-state index in [1.165, 1.54) is 24.3 Å². The normalized spacial score (nSPS) is 11.2. The molecule has 0 aliphatic heterocycles. The van der Waals surface area contributed by atoms with Crippen LogP contribution in [0.3, 0.4) is 0 Å². The van der Waals surface area contributed by atoms with Gasteiger partial charge in [0.05, 0.1) is 12.1 Å². The van der Waals surface area contributed by atoms with Crippen LogP contribution in [0.1, 0.15) is 32.0 Å². The van der Waals surface area contributed by atoms with Crippen LogP contribution in [0.25, 0.3) is 0 Å². The highest BCUT2D eigenvalue weighted by molar-refractivity contribution is 5.91.